The molecule has 0 aliphatic carbocycles. The van der Waals surface area contributed by atoms with E-state index in [1.807, 2.05) is 41.8 Å². The summed E-state index contributed by atoms with van der Waals surface area (Å²) in [6, 6.07) is 52.6. The molecule has 63 heavy (non-hydrogen) atoms. The average Bonchev–Trinajstić information content (AvgIpc) is 3.99. The molecule has 0 atom stereocenters. The number of thiophene rings is 2. The van der Waals surface area contributed by atoms with Crippen LogP contribution < -0.4 is 4.40 Å². The molecule has 4 nitrogen and oxygen atoms in total. The fourth-order valence-electron chi connectivity index (χ4n) is 8.39. The minimum atomic E-state index is -2.08. The normalized spacial score (nSPS) is 12.7. The van der Waals surface area contributed by atoms with Crippen molar-refractivity contribution in [2.45, 2.75) is 31.0 Å². The number of hydrogen-bond acceptors (Lipinski definition) is 5. The Morgan fingerprint density at radius 3 is 2.32 bits per heavy atom. The van der Waals surface area contributed by atoms with Crippen molar-refractivity contribution in [3.63, 3.8) is 0 Å². The number of rotatable bonds is 4. The van der Waals surface area contributed by atoms with Crippen LogP contribution in [0.1, 0.15) is 15.2 Å². The van der Waals surface area contributed by atoms with Gasteiger partial charge in [-0.25, -0.2) is 9.37 Å². The number of hydrogen-bond donors (Lipinski definition) is 0. The molecule has 0 amide bonds. The van der Waals surface area contributed by atoms with Gasteiger partial charge in [0.1, 0.15) is 10.6 Å². The SMILES string of the molecule is Cc1ccc(-n2c(-c3[c-]ccc4c3sc3nc5cccc(F)c5cc34)nc3cc4ccccc4cc32)c2sc3ccccc3c12.[2H]C([2H])([2H])c1c[c-]c(-c2cc[c]([Ge]([CH3])([CH3])[CH3])cn2)cc1.[Ir]. The van der Waals surface area contributed by atoms with Gasteiger partial charge < -0.3 is 4.57 Å². The van der Waals surface area contributed by atoms with Gasteiger partial charge >= 0.3 is 110 Å². The van der Waals surface area contributed by atoms with E-state index < -0.39 is 20.1 Å². The molecule has 309 valence electrons. The third kappa shape index (κ3) is 7.28. The van der Waals surface area contributed by atoms with Crippen molar-refractivity contribution in [3.8, 4) is 28.3 Å². The first-order valence-electron chi connectivity index (χ1n) is 21.9. The van der Waals surface area contributed by atoms with Gasteiger partial charge in [0, 0.05) is 46.4 Å². The summed E-state index contributed by atoms with van der Waals surface area (Å²) in [6.45, 7) is 0.114. The predicted octanol–water partition coefficient (Wildman–Crippen LogP) is 14.8. The van der Waals surface area contributed by atoms with E-state index in [9.17, 15) is 4.39 Å². The number of pyridine rings is 2. The molecular weight excluding hydrogens is 1050 g/mol. The molecule has 0 spiro atoms. The molecule has 5 heterocycles. The summed E-state index contributed by atoms with van der Waals surface area (Å²) in [5.41, 5.74) is 7.86. The van der Waals surface area contributed by atoms with Crippen LogP contribution in [-0.2, 0) is 20.1 Å². The van der Waals surface area contributed by atoms with Crippen molar-refractivity contribution in [1.82, 2.24) is 19.5 Å². The van der Waals surface area contributed by atoms with Crippen molar-refractivity contribution < 1.29 is 28.6 Å². The molecule has 1 radical (unpaired) electrons. The zero-order chi connectivity index (χ0) is 44.8. The molecule has 0 bridgehead atoms. The zero-order valence-electron chi connectivity index (χ0n) is 37.7. The van der Waals surface area contributed by atoms with Crippen LogP contribution in [0.4, 0.5) is 4.39 Å². The maximum Gasteiger partial charge on any atom is 0 e. The largest absolute Gasteiger partial charge is 0 e. The van der Waals surface area contributed by atoms with Crippen LogP contribution in [-0.4, -0.2) is 32.8 Å². The van der Waals surface area contributed by atoms with E-state index in [0.717, 1.165) is 65.1 Å². The number of fused-ring (bicyclic) bond motifs is 9. The molecular formula is C54H39FGeIrN4S2-2. The second kappa shape index (κ2) is 16.2. The maximum absolute atomic E-state index is 14.8. The predicted molar refractivity (Wildman–Crippen MR) is 265 cm³/mol. The molecule has 7 aromatic carbocycles. The van der Waals surface area contributed by atoms with Crippen molar-refractivity contribution in [2.24, 2.45) is 0 Å². The third-order valence-corrected chi connectivity index (χ3v) is 18.2. The van der Waals surface area contributed by atoms with Crippen molar-refractivity contribution in [3.05, 3.63) is 175 Å². The van der Waals surface area contributed by atoms with Gasteiger partial charge in [0.05, 0.1) is 32.8 Å². The summed E-state index contributed by atoms with van der Waals surface area (Å²) in [5.74, 6) is 7.55. The van der Waals surface area contributed by atoms with Crippen LogP contribution in [0.5, 0.6) is 0 Å². The standard InChI is InChI=1S/C39H21FN3S2.C15H18GeN.Ir/c1-21-16-17-32(37-35(21)25-10-4-5-15-34(25)44-37)43-33-19-23-9-3-2-8-22(23)18-31(33)41-38(43)26-12-6-11-24-27-20-28-29(40)13-7-14-30(28)42-39(27)45-36(24)26;1-12-5-7-13(8-6-12)15-10-9-14(11-17-15)16(2,3)4;/h2-11,13-20H,1H3;5-7,9-11H,1-4H3;/q2*-1;/i;1D3;. The first-order chi connectivity index (χ1) is 31.3. The van der Waals surface area contributed by atoms with Gasteiger partial charge in [0.15, 0.2) is 0 Å². The number of imidazole rings is 1. The Balaban J connectivity index is 0.000000206. The van der Waals surface area contributed by atoms with E-state index in [2.05, 4.69) is 131 Å². The fourth-order valence-corrected chi connectivity index (χ4v) is 13.0. The smallest absolute Gasteiger partial charge is 0 e. The van der Waals surface area contributed by atoms with Crippen LogP contribution >= 0.6 is 22.7 Å². The minimum Gasteiger partial charge on any atom is 0 e. The van der Waals surface area contributed by atoms with Crippen molar-refractivity contribution in [1.29, 1.82) is 0 Å². The summed E-state index contributed by atoms with van der Waals surface area (Å²) < 4.78 is 44.1. The second-order valence-electron chi connectivity index (χ2n) is 16.7. The number of aromatic nitrogens is 4. The molecule has 0 saturated carbocycles. The summed E-state index contributed by atoms with van der Waals surface area (Å²) in [7, 11) is 0. The topological polar surface area (TPSA) is 43.6 Å². The third-order valence-electron chi connectivity index (χ3n) is 11.6. The van der Waals surface area contributed by atoms with Crippen LogP contribution in [0.15, 0.2) is 146 Å². The Bertz CT molecular complexity index is 3780. The summed E-state index contributed by atoms with van der Waals surface area (Å²) in [4.78, 5) is 15.6. The summed E-state index contributed by atoms with van der Waals surface area (Å²) in [6.07, 6.45) is 1.95. The second-order valence-corrected chi connectivity index (χ2v) is 29.4. The number of halogens is 1. The van der Waals surface area contributed by atoms with Crippen LogP contribution in [0.25, 0.3) is 102 Å². The molecule has 0 fully saturated rings. The van der Waals surface area contributed by atoms with Crippen molar-refractivity contribution in [2.75, 3.05) is 0 Å². The Kier molecular flexibility index (Phi) is 9.74. The number of aryl methyl sites for hydroxylation is 2. The Labute approximate surface area is 393 Å². The molecule has 12 aromatic rings. The monoisotopic (exact) mass is 1100 g/mol. The van der Waals surface area contributed by atoms with Crippen LogP contribution in [0.2, 0.25) is 17.3 Å². The number of benzene rings is 7. The molecule has 0 N–H and O–H groups in total. The number of nitrogens with zero attached hydrogens (tertiary/aromatic N) is 4. The van der Waals surface area contributed by atoms with E-state index in [1.165, 1.54) is 47.7 Å². The van der Waals surface area contributed by atoms with Gasteiger partial charge in [-0.2, -0.15) is 11.3 Å². The van der Waals surface area contributed by atoms with Gasteiger partial charge in [-0.3, -0.25) is 4.98 Å². The van der Waals surface area contributed by atoms with Gasteiger partial charge in [0.25, 0.3) is 0 Å². The molecule has 12 rings (SSSR count). The Morgan fingerprint density at radius 2 is 1.54 bits per heavy atom. The van der Waals surface area contributed by atoms with Crippen LogP contribution in [0.3, 0.4) is 0 Å². The van der Waals surface area contributed by atoms with E-state index in [0.29, 0.717) is 16.5 Å². The first-order valence-corrected chi connectivity index (χ1v) is 29.4. The van der Waals surface area contributed by atoms with Gasteiger partial charge in [-0.1, -0.05) is 65.5 Å². The minimum absolute atomic E-state index is 0. The Morgan fingerprint density at radius 1 is 0.714 bits per heavy atom. The fraction of sp³-hybridized carbons (Fsp3) is 0.0926. The van der Waals surface area contributed by atoms with Gasteiger partial charge in [-0.15, -0.1) is 29.5 Å². The van der Waals surface area contributed by atoms with E-state index >= 15 is 0 Å². The molecule has 0 aliphatic rings. The first kappa shape index (κ1) is 37.9. The average molecular weight is 1090 g/mol. The molecule has 9 heteroatoms. The van der Waals surface area contributed by atoms with E-state index in [4.69, 9.17) is 14.1 Å². The quantitative estimate of drug-likeness (QED) is 0.130. The van der Waals surface area contributed by atoms with Crippen molar-refractivity contribution >= 4 is 114 Å². The maximum atomic E-state index is 14.8. The molecule has 0 aliphatic heterocycles. The molecule has 0 unspecified atom stereocenters. The van der Waals surface area contributed by atoms with Crippen LogP contribution in [0, 0.1) is 31.7 Å². The van der Waals surface area contributed by atoms with Gasteiger partial charge in [-0.05, 0) is 70.4 Å². The van der Waals surface area contributed by atoms with E-state index in [-0.39, 0.29) is 25.9 Å². The van der Waals surface area contributed by atoms with Gasteiger partial charge in [0.2, 0.25) is 0 Å². The summed E-state index contributed by atoms with van der Waals surface area (Å²) in [5, 5.41) is 7.38. The summed E-state index contributed by atoms with van der Waals surface area (Å²) >= 11 is 1.61. The zero-order valence-corrected chi connectivity index (χ0v) is 40.8. The van der Waals surface area contributed by atoms with E-state index in [1.54, 1.807) is 29.5 Å². The Hall–Kier alpha value is -5.61. The molecule has 0 saturated heterocycles. The molecule has 5 aromatic heterocycles.